The fourth-order valence-electron chi connectivity index (χ4n) is 2.43. The molecule has 2 N–H and O–H groups in total. The molecule has 1 atom stereocenters. The Kier molecular flexibility index (Phi) is 7.78. The quantitative estimate of drug-likeness (QED) is 0.616. The van der Waals surface area contributed by atoms with Crippen LogP contribution in [0, 0.1) is 12.8 Å². The summed E-state index contributed by atoms with van der Waals surface area (Å²) in [7, 11) is -3.92. The smallest absolute Gasteiger partial charge is 0.324 e. The van der Waals surface area contributed by atoms with Crippen LogP contribution in [0.25, 0.3) is 0 Å². The minimum absolute atomic E-state index is 0.0326. The van der Waals surface area contributed by atoms with Crippen LogP contribution in [-0.4, -0.2) is 32.9 Å². The third-order valence-electron chi connectivity index (χ3n) is 4.00. The predicted molar refractivity (Wildman–Crippen MR) is 111 cm³/mol. The normalized spacial score (nSPS) is 12.4. The lowest BCUT2D eigenvalue weighted by atomic mass is 10.1. The molecule has 0 heterocycles. The first-order valence-electron chi connectivity index (χ1n) is 8.90. The maximum absolute atomic E-state index is 12.5. The largest absolute Gasteiger partial charge is 0.454 e. The molecule has 2 aromatic rings. The molecule has 0 spiro atoms. The molecular formula is C20H23ClN2O5S. The molecule has 0 radical (unpaired) electrons. The first-order chi connectivity index (χ1) is 13.6. The first kappa shape index (κ1) is 22.9. The summed E-state index contributed by atoms with van der Waals surface area (Å²) in [5.74, 6) is -1.82. The van der Waals surface area contributed by atoms with Crippen molar-refractivity contribution in [1.82, 2.24) is 4.72 Å². The Bertz CT molecular complexity index is 978. The molecule has 2 rings (SSSR count). The number of hydrogen-bond donors (Lipinski definition) is 2. The minimum atomic E-state index is -3.92. The summed E-state index contributed by atoms with van der Waals surface area (Å²) >= 11 is 6.06. The zero-order valence-corrected chi connectivity index (χ0v) is 17.9. The maximum atomic E-state index is 12.5. The van der Waals surface area contributed by atoms with Crippen LogP contribution in [-0.2, 0) is 24.3 Å². The summed E-state index contributed by atoms with van der Waals surface area (Å²) in [6.45, 7) is 4.64. The van der Waals surface area contributed by atoms with Gasteiger partial charge < -0.3 is 10.1 Å². The van der Waals surface area contributed by atoms with Gasteiger partial charge in [-0.15, -0.1) is 0 Å². The highest BCUT2D eigenvalue weighted by Crippen LogP contribution is 2.22. The van der Waals surface area contributed by atoms with E-state index in [2.05, 4.69) is 10.0 Å². The monoisotopic (exact) mass is 438 g/mol. The van der Waals surface area contributed by atoms with E-state index in [0.717, 1.165) is 5.56 Å². The highest BCUT2D eigenvalue weighted by molar-refractivity contribution is 7.89. The van der Waals surface area contributed by atoms with Gasteiger partial charge in [0.2, 0.25) is 10.0 Å². The van der Waals surface area contributed by atoms with Crippen molar-refractivity contribution in [3.63, 3.8) is 0 Å². The van der Waals surface area contributed by atoms with E-state index in [1.165, 1.54) is 12.1 Å². The van der Waals surface area contributed by atoms with Gasteiger partial charge in [0.15, 0.2) is 6.61 Å². The summed E-state index contributed by atoms with van der Waals surface area (Å²) in [6.07, 6.45) is 0. The topological polar surface area (TPSA) is 102 Å². The van der Waals surface area contributed by atoms with Gasteiger partial charge in [-0.25, -0.2) is 8.42 Å². The number of carbonyl (C=O) groups is 2. The second-order valence-corrected chi connectivity index (χ2v) is 8.92. The van der Waals surface area contributed by atoms with E-state index in [0.29, 0.717) is 10.7 Å². The molecule has 0 aromatic heterocycles. The molecule has 7 nitrogen and oxygen atoms in total. The van der Waals surface area contributed by atoms with Gasteiger partial charge >= 0.3 is 5.97 Å². The molecule has 0 saturated carbocycles. The molecule has 0 unspecified atom stereocenters. The molecule has 0 fully saturated rings. The average molecular weight is 439 g/mol. The van der Waals surface area contributed by atoms with Gasteiger partial charge in [-0.2, -0.15) is 4.72 Å². The Morgan fingerprint density at radius 2 is 1.76 bits per heavy atom. The third kappa shape index (κ3) is 6.56. The van der Waals surface area contributed by atoms with Crippen LogP contribution in [0.2, 0.25) is 5.02 Å². The van der Waals surface area contributed by atoms with Crippen LogP contribution in [0.3, 0.4) is 0 Å². The lowest BCUT2D eigenvalue weighted by Gasteiger charge is -2.20. The number of benzene rings is 2. The van der Waals surface area contributed by atoms with Gasteiger partial charge in [-0.1, -0.05) is 49.7 Å². The van der Waals surface area contributed by atoms with Crippen LogP contribution in [0.4, 0.5) is 5.69 Å². The fraction of sp³-hybridized carbons (Fsp3) is 0.300. The van der Waals surface area contributed by atoms with Gasteiger partial charge in [-0.05, 0) is 42.7 Å². The fourth-order valence-corrected chi connectivity index (χ4v) is 4.06. The highest BCUT2D eigenvalue weighted by Gasteiger charge is 2.30. The Balaban J connectivity index is 1.99. The van der Waals surface area contributed by atoms with Crippen molar-refractivity contribution in [2.75, 3.05) is 11.9 Å². The molecule has 156 valence electrons. The number of halogens is 1. The Morgan fingerprint density at radius 1 is 1.10 bits per heavy atom. The lowest BCUT2D eigenvalue weighted by molar-refractivity contribution is -0.150. The van der Waals surface area contributed by atoms with Crippen LogP contribution in [0.15, 0.2) is 53.4 Å². The lowest BCUT2D eigenvalue weighted by Crippen LogP contribution is -2.45. The van der Waals surface area contributed by atoms with E-state index in [4.69, 9.17) is 16.3 Å². The number of amides is 1. The van der Waals surface area contributed by atoms with Crippen LogP contribution < -0.4 is 10.0 Å². The van der Waals surface area contributed by atoms with Crippen molar-refractivity contribution in [3.05, 3.63) is 59.1 Å². The molecule has 0 bridgehead atoms. The number of anilines is 1. The van der Waals surface area contributed by atoms with E-state index >= 15 is 0 Å². The standard InChI is InChI=1S/C20H23ClN2O5S/c1-13(2)19(23-29(26,27)15-7-5-4-6-8-15)20(25)28-12-18(24)22-17-10-9-14(3)11-16(17)21/h4-11,13,19,23H,12H2,1-3H3,(H,22,24)/t19-/m0/s1. The first-order valence-corrected chi connectivity index (χ1v) is 10.8. The van der Waals surface area contributed by atoms with E-state index in [1.54, 1.807) is 50.2 Å². The van der Waals surface area contributed by atoms with Crippen molar-refractivity contribution in [3.8, 4) is 0 Å². The van der Waals surface area contributed by atoms with Crippen LogP contribution >= 0.6 is 11.6 Å². The van der Waals surface area contributed by atoms with E-state index in [-0.39, 0.29) is 4.90 Å². The van der Waals surface area contributed by atoms with Crippen molar-refractivity contribution in [2.45, 2.75) is 31.7 Å². The number of esters is 1. The van der Waals surface area contributed by atoms with Crippen molar-refractivity contribution in [1.29, 1.82) is 0 Å². The SMILES string of the molecule is Cc1ccc(NC(=O)COC(=O)[C@@H](NS(=O)(=O)c2ccccc2)C(C)C)c(Cl)c1. The summed E-state index contributed by atoms with van der Waals surface area (Å²) in [5, 5.41) is 2.91. The van der Waals surface area contributed by atoms with E-state index in [9.17, 15) is 18.0 Å². The number of ether oxygens (including phenoxy) is 1. The number of rotatable bonds is 8. The van der Waals surface area contributed by atoms with Gasteiger partial charge in [0, 0.05) is 0 Å². The van der Waals surface area contributed by atoms with Gasteiger partial charge in [0.05, 0.1) is 15.6 Å². The molecular weight excluding hydrogens is 416 g/mol. The summed E-state index contributed by atoms with van der Waals surface area (Å²) < 4.78 is 32.3. The molecule has 1 amide bonds. The molecule has 0 saturated heterocycles. The Labute approximate surface area is 175 Å². The molecule has 0 aliphatic carbocycles. The second-order valence-electron chi connectivity index (χ2n) is 6.80. The summed E-state index contributed by atoms with van der Waals surface area (Å²) in [5.41, 5.74) is 1.33. The van der Waals surface area contributed by atoms with Crippen molar-refractivity contribution >= 4 is 39.2 Å². The zero-order chi connectivity index (χ0) is 21.6. The molecule has 0 aliphatic heterocycles. The maximum Gasteiger partial charge on any atom is 0.324 e. The average Bonchev–Trinajstić information content (AvgIpc) is 2.67. The van der Waals surface area contributed by atoms with E-state index < -0.39 is 40.5 Å². The molecule has 2 aromatic carbocycles. The Hall–Kier alpha value is -2.42. The number of carbonyl (C=O) groups excluding carboxylic acids is 2. The number of hydrogen-bond acceptors (Lipinski definition) is 5. The number of sulfonamides is 1. The van der Waals surface area contributed by atoms with Gasteiger partial charge in [0.25, 0.3) is 5.91 Å². The number of nitrogens with one attached hydrogen (secondary N) is 2. The predicted octanol–water partition coefficient (Wildman–Crippen LogP) is 3.13. The summed E-state index contributed by atoms with van der Waals surface area (Å²) in [6, 6.07) is 11.7. The highest BCUT2D eigenvalue weighted by atomic mass is 35.5. The minimum Gasteiger partial charge on any atom is -0.454 e. The molecule has 29 heavy (non-hydrogen) atoms. The molecule has 0 aliphatic rings. The second kappa shape index (κ2) is 9.87. The zero-order valence-electron chi connectivity index (χ0n) is 16.3. The van der Waals surface area contributed by atoms with Crippen molar-refractivity contribution < 1.29 is 22.7 Å². The van der Waals surface area contributed by atoms with Crippen LogP contribution in [0.1, 0.15) is 19.4 Å². The molecule has 9 heteroatoms. The van der Waals surface area contributed by atoms with Gasteiger partial charge in [-0.3, -0.25) is 9.59 Å². The van der Waals surface area contributed by atoms with Crippen molar-refractivity contribution in [2.24, 2.45) is 5.92 Å². The van der Waals surface area contributed by atoms with Crippen LogP contribution in [0.5, 0.6) is 0 Å². The Morgan fingerprint density at radius 3 is 2.34 bits per heavy atom. The third-order valence-corrected chi connectivity index (χ3v) is 5.77. The number of aryl methyl sites for hydroxylation is 1. The summed E-state index contributed by atoms with van der Waals surface area (Å²) in [4.78, 5) is 24.5. The van der Waals surface area contributed by atoms with E-state index in [1.807, 2.05) is 6.92 Å². The van der Waals surface area contributed by atoms with Gasteiger partial charge in [0.1, 0.15) is 6.04 Å².